The average Bonchev–Trinajstić information content (AvgIpc) is 3.19. The van der Waals surface area contributed by atoms with Gasteiger partial charge < -0.3 is 15.0 Å². The Morgan fingerprint density at radius 1 is 1.16 bits per heavy atom. The number of anilines is 1. The molecule has 1 aliphatic carbocycles. The molecule has 0 unspecified atom stereocenters. The first-order chi connectivity index (χ1) is 17.8. The molecule has 0 aliphatic heterocycles. The van der Waals surface area contributed by atoms with Crippen LogP contribution in [-0.2, 0) is 10.2 Å². The Morgan fingerprint density at radius 2 is 1.84 bits per heavy atom. The lowest BCUT2D eigenvalue weighted by molar-refractivity contribution is 0.0600. The molecule has 186 valence electrons. The van der Waals surface area contributed by atoms with Gasteiger partial charge in [-0.05, 0) is 66.9 Å². The molecule has 0 bridgehead atoms. The van der Waals surface area contributed by atoms with E-state index in [9.17, 15) is 18.8 Å². The maximum absolute atomic E-state index is 14.2. The van der Waals surface area contributed by atoms with E-state index in [0.717, 1.165) is 36.1 Å². The zero-order valence-corrected chi connectivity index (χ0v) is 20.1. The van der Waals surface area contributed by atoms with Crippen LogP contribution >= 0.6 is 0 Å². The number of fused-ring (bicyclic) bond motifs is 1. The summed E-state index contributed by atoms with van der Waals surface area (Å²) in [5.74, 6) is -2.02. The van der Waals surface area contributed by atoms with Crippen molar-refractivity contribution in [3.05, 3.63) is 83.3 Å². The molecule has 0 spiro atoms. The Kier molecular flexibility index (Phi) is 6.00. The summed E-state index contributed by atoms with van der Waals surface area (Å²) in [6.45, 7) is 0. The third-order valence-corrected chi connectivity index (χ3v) is 7.28. The number of methoxy groups -OCH3 is 1. The number of nitriles is 1. The molecule has 4 aromatic rings. The van der Waals surface area contributed by atoms with Crippen LogP contribution in [0.25, 0.3) is 27.7 Å². The van der Waals surface area contributed by atoms with E-state index in [1.54, 1.807) is 42.5 Å². The summed E-state index contributed by atoms with van der Waals surface area (Å²) in [6, 6.07) is 18.4. The predicted molar refractivity (Wildman–Crippen MR) is 138 cm³/mol. The molecule has 0 atom stereocenters. The summed E-state index contributed by atoms with van der Waals surface area (Å²) in [7, 11) is 1.32. The summed E-state index contributed by atoms with van der Waals surface area (Å²) >= 11 is 0. The van der Waals surface area contributed by atoms with E-state index in [0.29, 0.717) is 22.2 Å². The molecule has 1 aromatic heterocycles. The van der Waals surface area contributed by atoms with Crippen LogP contribution in [0, 0.1) is 22.6 Å². The number of nitrogens with two attached hydrogens (primary N) is 1. The third kappa shape index (κ3) is 3.93. The van der Waals surface area contributed by atoms with Crippen LogP contribution in [0.1, 0.15) is 47.3 Å². The molecule has 1 heterocycles. The number of nitrogens with one attached hydrogen (secondary N) is 1. The van der Waals surface area contributed by atoms with Gasteiger partial charge in [0.1, 0.15) is 5.82 Å². The van der Waals surface area contributed by atoms with Crippen LogP contribution in [0.3, 0.4) is 0 Å². The second-order valence-corrected chi connectivity index (χ2v) is 9.34. The third-order valence-electron chi connectivity index (χ3n) is 7.28. The van der Waals surface area contributed by atoms with E-state index in [1.807, 2.05) is 4.57 Å². The lowest BCUT2D eigenvalue weighted by Gasteiger charge is -2.42. The molecule has 1 aliphatic rings. The van der Waals surface area contributed by atoms with Crippen LogP contribution < -0.4 is 5.73 Å². The van der Waals surface area contributed by atoms with Crippen LogP contribution in [0.15, 0.2) is 60.7 Å². The summed E-state index contributed by atoms with van der Waals surface area (Å²) < 4.78 is 34.8. The Hall–Kier alpha value is -4.51. The van der Waals surface area contributed by atoms with Gasteiger partial charge in [0.05, 0.1) is 29.8 Å². The highest BCUT2D eigenvalue weighted by atomic mass is 19.1. The standard InChI is InChI=1S/C29H24F2N4O2/c1-37-28(36)18-5-3-17(4-6-18)25-22-15-23(33)21(27(31)34)16-24(22)35(20-9-7-19(30)8-10-20)26(25)29(13-14-32)11-2-12-29/h3-10,15-16,34H,2,11-13,33H2,1H3. The van der Waals surface area contributed by atoms with Crippen molar-refractivity contribution in [2.24, 2.45) is 0 Å². The van der Waals surface area contributed by atoms with E-state index in [1.165, 1.54) is 25.3 Å². The molecule has 8 heteroatoms. The first-order valence-corrected chi connectivity index (χ1v) is 11.8. The molecule has 0 radical (unpaired) electrons. The number of esters is 1. The number of benzene rings is 3. The Balaban J connectivity index is 1.92. The highest BCUT2D eigenvalue weighted by Crippen LogP contribution is 2.53. The molecule has 0 saturated heterocycles. The van der Waals surface area contributed by atoms with Crippen molar-refractivity contribution in [1.82, 2.24) is 4.57 Å². The van der Waals surface area contributed by atoms with Crippen LogP contribution in [0.5, 0.6) is 0 Å². The van der Waals surface area contributed by atoms with Crippen molar-refractivity contribution < 1.29 is 18.3 Å². The van der Waals surface area contributed by atoms with Crippen molar-refractivity contribution in [2.75, 3.05) is 12.8 Å². The van der Waals surface area contributed by atoms with E-state index < -0.39 is 23.2 Å². The monoisotopic (exact) mass is 498 g/mol. The topological polar surface area (TPSA) is 105 Å². The van der Waals surface area contributed by atoms with Gasteiger partial charge in [0.2, 0.25) is 5.97 Å². The fraction of sp³-hybridized carbons (Fsp3) is 0.207. The van der Waals surface area contributed by atoms with Gasteiger partial charge in [-0.25, -0.2) is 9.18 Å². The number of nitrogens with zero attached hydrogens (tertiary/aromatic N) is 2. The van der Waals surface area contributed by atoms with Gasteiger partial charge in [-0.3, -0.25) is 5.41 Å². The SMILES string of the molecule is COC(=O)c1ccc(-c2c(C3(CC#N)CCC3)n(-c3ccc(F)cc3)c3cc(C(=N)F)c(N)cc23)cc1. The quantitative estimate of drug-likeness (QED) is 0.181. The highest BCUT2D eigenvalue weighted by molar-refractivity contribution is 6.07. The zero-order valence-electron chi connectivity index (χ0n) is 20.1. The van der Waals surface area contributed by atoms with Gasteiger partial charge in [-0.1, -0.05) is 18.6 Å². The first-order valence-electron chi connectivity index (χ1n) is 11.8. The van der Waals surface area contributed by atoms with E-state index in [4.69, 9.17) is 15.9 Å². The molecule has 1 saturated carbocycles. The van der Waals surface area contributed by atoms with Gasteiger partial charge in [0.15, 0.2) is 0 Å². The second kappa shape index (κ2) is 9.17. The molecule has 5 rings (SSSR count). The van der Waals surface area contributed by atoms with E-state index in [2.05, 4.69) is 6.07 Å². The largest absolute Gasteiger partial charge is 0.465 e. The zero-order chi connectivity index (χ0) is 26.3. The maximum atomic E-state index is 14.2. The number of rotatable bonds is 6. The Labute approximate surface area is 212 Å². The molecule has 3 N–H and O–H groups in total. The number of aromatic nitrogens is 1. The van der Waals surface area contributed by atoms with Crippen LogP contribution in [0.2, 0.25) is 0 Å². The summed E-state index contributed by atoms with van der Waals surface area (Å²) in [5, 5.41) is 18.1. The molecule has 37 heavy (non-hydrogen) atoms. The van der Waals surface area contributed by atoms with E-state index >= 15 is 0 Å². The van der Waals surface area contributed by atoms with Crippen molar-refractivity contribution in [3.63, 3.8) is 0 Å². The highest BCUT2D eigenvalue weighted by Gasteiger charge is 2.44. The van der Waals surface area contributed by atoms with Gasteiger partial charge in [-0.15, -0.1) is 0 Å². The van der Waals surface area contributed by atoms with Gasteiger partial charge in [-0.2, -0.15) is 9.65 Å². The minimum atomic E-state index is -1.16. The number of halogens is 2. The summed E-state index contributed by atoms with van der Waals surface area (Å²) in [6.07, 6.45) is 2.74. The number of hydrogen-bond donors (Lipinski definition) is 2. The lowest BCUT2D eigenvalue weighted by atomic mass is 9.63. The maximum Gasteiger partial charge on any atom is 0.337 e. The fourth-order valence-corrected chi connectivity index (χ4v) is 5.34. The smallest absolute Gasteiger partial charge is 0.337 e. The van der Waals surface area contributed by atoms with E-state index in [-0.39, 0.29) is 17.7 Å². The number of carbonyl (C=O) groups excluding carboxylic acids is 1. The van der Waals surface area contributed by atoms with Crippen molar-refractivity contribution >= 4 is 28.5 Å². The van der Waals surface area contributed by atoms with Crippen molar-refractivity contribution in [2.45, 2.75) is 31.1 Å². The van der Waals surface area contributed by atoms with Gasteiger partial charge >= 0.3 is 5.97 Å². The first kappa shape index (κ1) is 24.2. The molecule has 0 amide bonds. The Bertz CT molecular complexity index is 1580. The van der Waals surface area contributed by atoms with Crippen molar-refractivity contribution in [1.29, 1.82) is 10.7 Å². The second-order valence-electron chi connectivity index (χ2n) is 9.34. The Morgan fingerprint density at radius 3 is 2.38 bits per heavy atom. The van der Waals surface area contributed by atoms with Gasteiger partial charge in [0, 0.05) is 39.9 Å². The number of ether oxygens (including phenoxy) is 1. The van der Waals surface area contributed by atoms with Crippen LogP contribution in [0.4, 0.5) is 14.5 Å². The van der Waals surface area contributed by atoms with Gasteiger partial charge in [0.25, 0.3) is 0 Å². The molecular weight excluding hydrogens is 474 g/mol. The fourth-order valence-electron chi connectivity index (χ4n) is 5.34. The minimum Gasteiger partial charge on any atom is -0.465 e. The number of nitrogen functional groups attached to an aromatic ring is 1. The minimum absolute atomic E-state index is 0.0459. The lowest BCUT2D eigenvalue weighted by Crippen LogP contribution is -2.36. The molecule has 6 nitrogen and oxygen atoms in total. The molecular formula is C29H24F2N4O2. The normalized spacial score (nSPS) is 14.1. The van der Waals surface area contributed by atoms with Crippen LogP contribution in [-0.4, -0.2) is 23.6 Å². The molecule has 3 aromatic carbocycles. The predicted octanol–water partition coefficient (Wildman–Crippen LogP) is 6.44. The summed E-state index contributed by atoms with van der Waals surface area (Å²) in [5.41, 5.74) is 9.81. The molecule has 1 fully saturated rings. The van der Waals surface area contributed by atoms with Crippen molar-refractivity contribution in [3.8, 4) is 22.9 Å². The average molecular weight is 499 g/mol. The number of hydrogen-bond acceptors (Lipinski definition) is 5. The number of carbonyl (C=O) groups is 1. The summed E-state index contributed by atoms with van der Waals surface area (Å²) in [4.78, 5) is 12.0.